The predicted octanol–water partition coefficient (Wildman–Crippen LogP) is 7.16. The van der Waals surface area contributed by atoms with E-state index in [9.17, 15) is 19.5 Å². The van der Waals surface area contributed by atoms with Crippen molar-refractivity contribution in [2.45, 2.75) is 24.2 Å². The van der Waals surface area contributed by atoms with Crippen molar-refractivity contribution in [3.05, 3.63) is 134 Å². The van der Waals surface area contributed by atoms with Crippen molar-refractivity contribution in [1.29, 1.82) is 0 Å². The van der Waals surface area contributed by atoms with E-state index in [1.807, 2.05) is 24.3 Å². The van der Waals surface area contributed by atoms with Gasteiger partial charge in [0.05, 0.1) is 34.5 Å². The molecular weight excluding hydrogens is 746 g/mol. The number of nitrogens with zero attached hydrogens (tertiary/aromatic N) is 2. The van der Waals surface area contributed by atoms with Crippen molar-refractivity contribution in [3.8, 4) is 5.75 Å². The highest BCUT2D eigenvalue weighted by molar-refractivity contribution is 14.1. The number of benzene rings is 4. The Morgan fingerprint density at radius 3 is 2.25 bits per heavy atom. The lowest BCUT2D eigenvalue weighted by Gasteiger charge is -2.50. The van der Waals surface area contributed by atoms with E-state index in [0.717, 1.165) is 3.57 Å². The highest BCUT2D eigenvalue weighted by atomic mass is 127. The van der Waals surface area contributed by atoms with E-state index in [1.54, 1.807) is 66.7 Å². The van der Waals surface area contributed by atoms with E-state index in [1.165, 1.54) is 21.9 Å². The fraction of sp³-hybridized carbons (Fsp3) is 0.211. The summed E-state index contributed by atoms with van der Waals surface area (Å²) >= 11 is 8.51. The molecule has 4 aliphatic rings. The molecule has 7 nitrogen and oxygen atoms in total. The van der Waals surface area contributed by atoms with Gasteiger partial charge in [0.1, 0.15) is 0 Å². The standard InChI is InChI=1S/C38H27ClFIN2O5/c39-22-7-4-8-25(18-22)43-35(46)29-19-28-26(14-15-27-32(28)36(47)42(34(27)45)24-12-10-23(41)11-13-24)33(20-9-16-31(44)30(40)17-20)38(29,37(43)48)21-5-2-1-3-6-21/h1-14,16-18,27-29,32-33,44H,15,19H2. The molecular formula is C38H27ClFIN2O5. The second kappa shape index (κ2) is 11.4. The molecule has 1 saturated carbocycles. The lowest BCUT2D eigenvalue weighted by molar-refractivity contribution is -0.127. The molecule has 2 aliphatic carbocycles. The summed E-state index contributed by atoms with van der Waals surface area (Å²) < 4.78 is 16.2. The van der Waals surface area contributed by atoms with Crippen LogP contribution < -0.4 is 9.80 Å². The Kier molecular flexibility index (Phi) is 7.33. The molecule has 2 saturated heterocycles. The van der Waals surface area contributed by atoms with Crippen LogP contribution in [0.4, 0.5) is 15.8 Å². The maximum atomic E-state index is 15.2. The molecule has 4 amide bonds. The van der Waals surface area contributed by atoms with Gasteiger partial charge in [0.25, 0.3) is 0 Å². The molecule has 1 N–H and O–H groups in total. The fourth-order valence-corrected chi connectivity index (χ4v) is 9.21. The normalized spacial score (nSPS) is 27.9. The molecule has 240 valence electrons. The van der Waals surface area contributed by atoms with E-state index in [4.69, 9.17) is 11.6 Å². The monoisotopic (exact) mass is 772 g/mol. The molecule has 6 unspecified atom stereocenters. The van der Waals surface area contributed by atoms with Crippen LogP contribution in [0.1, 0.15) is 29.9 Å². The lowest BCUT2D eigenvalue weighted by atomic mass is 9.49. The Balaban J connectivity index is 1.35. The molecule has 10 heteroatoms. The Hall–Kier alpha value is -4.35. The summed E-state index contributed by atoms with van der Waals surface area (Å²) in [5.74, 6) is -6.90. The Morgan fingerprint density at radius 1 is 0.792 bits per heavy atom. The highest BCUT2D eigenvalue weighted by Crippen LogP contribution is 2.64. The van der Waals surface area contributed by atoms with Crippen LogP contribution in [0.2, 0.25) is 5.02 Å². The summed E-state index contributed by atoms with van der Waals surface area (Å²) in [7, 11) is 0. The van der Waals surface area contributed by atoms with Gasteiger partial charge in [-0.2, -0.15) is 0 Å². The first-order valence-electron chi connectivity index (χ1n) is 15.6. The topological polar surface area (TPSA) is 95.0 Å². The number of allylic oxidation sites excluding steroid dienone is 2. The highest BCUT2D eigenvalue weighted by Gasteiger charge is 2.70. The van der Waals surface area contributed by atoms with Gasteiger partial charge in [-0.15, -0.1) is 0 Å². The van der Waals surface area contributed by atoms with Gasteiger partial charge in [-0.05, 0) is 107 Å². The van der Waals surface area contributed by atoms with Crippen molar-refractivity contribution in [3.63, 3.8) is 0 Å². The molecule has 2 heterocycles. The average molecular weight is 773 g/mol. The largest absolute Gasteiger partial charge is 0.505 e. The molecule has 3 fully saturated rings. The molecule has 4 aromatic carbocycles. The van der Waals surface area contributed by atoms with Crippen LogP contribution in [0.15, 0.2) is 109 Å². The van der Waals surface area contributed by atoms with Crippen LogP contribution >= 0.6 is 34.2 Å². The van der Waals surface area contributed by atoms with E-state index >= 15 is 9.18 Å². The third kappa shape index (κ3) is 4.36. The van der Waals surface area contributed by atoms with Crippen molar-refractivity contribution < 1.29 is 28.7 Å². The van der Waals surface area contributed by atoms with Gasteiger partial charge in [-0.25, -0.2) is 9.29 Å². The van der Waals surface area contributed by atoms with Gasteiger partial charge in [0.15, 0.2) is 11.6 Å². The second-order valence-corrected chi connectivity index (χ2v) is 14.5. The van der Waals surface area contributed by atoms with E-state index in [-0.39, 0.29) is 24.7 Å². The average Bonchev–Trinajstić information content (AvgIpc) is 3.47. The lowest BCUT2D eigenvalue weighted by Crippen LogP contribution is -2.53. The summed E-state index contributed by atoms with van der Waals surface area (Å²) in [6, 6.07) is 26.7. The van der Waals surface area contributed by atoms with Crippen molar-refractivity contribution in [2.75, 3.05) is 9.80 Å². The number of hydrogen-bond acceptors (Lipinski definition) is 5. The number of hydrogen-bond donors (Lipinski definition) is 1. The number of phenolic OH excluding ortho intramolecular Hbond substituents is 1. The zero-order valence-electron chi connectivity index (χ0n) is 25.2. The first-order chi connectivity index (χ1) is 23.1. The van der Waals surface area contributed by atoms with Crippen LogP contribution in [0, 0.1) is 33.1 Å². The molecule has 8 rings (SSSR count). The SMILES string of the molecule is O=C1C2CC=C3C(CC4C(=O)N(c5cccc(Cl)c5)C(=O)C4(c4ccccc4)C3c3ccc(O)c(F)c3)C2C(=O)N1c1ccc(I)cc1. The van der Waals surface area contributed by atoms with E-state index < -0.39 is 58.4 Å². The summed E-state index contributed by atoms with van der Waals surface area (Å²) in [4.78, 5) is 60.6. The first-order valence-corrected chi connectivity index (χ1v) is 17.1. The van der Waals surface area contributed by atoms with Crippen LogP contribution in [-0.4, -0.2) is 28.7 Å². The van der Waals surface area contributed by atoms with Crippen LogP contribution in [0.5, 0.6) is 5.75 Å². The Labute approximate surface area is 294 Å². The number of halogens is 3. The second-order valence-electron chi connectivity index (χ2n) is 12.8. The number of carbonyl (C=O) groups is 4. The number of imide groups is 2. The fourth-order valence-electron chi connectivity index (χ4n) is 8.67. The number of carbonyl (C=O) groups excluding carboxylic acids is 4. The van der Waals surface area contributed by atoms with Gasteiger partial charge < -0.3 is 5.11 Å². The third-order valence-electron chi connectivity index (χ3n) is 10.6. The summed E-state index contributed by atoms with van der Waals surface area (Å²) in [5.41, 5.74) is 0.930. The van der Waals surface area contributed by atoms with Crippen LogP contribution in [-0.2, 0) is 24.6 Å². The van der Waals surface area contributed by atoms with E-state index in [2.05, 4.69) is 22.6 Å². The Morgan fingerprint density at radius 2 is 1.54 bits per heavy atom. The molecule has 48 heavy (non-hydrogen) atoms. The van der Waals surface area contributed by atoms with Crippen LogP contribution in [0.3, 0.4) is 0 Å². The van der Waals surface area contributed by atoms with Crippen LogP contribution in [0.25, 0.3) is 0 Å². The zero-order valence-corrected chi connectivity index (χ0v) is 28.1. The molecule has 0 radical (unpaired) electrons. The number of aromatic hydroxyl groups is 1. The van der Waals surface area contributed by atoms with Crippen molar-refractivity contribution in [1.82, 2.24) is 0 Å². The predicted molar refractivity (Wildman–Crippen MR) is 186 cm³/mol. The Bertz CT molecular complexity index is 2070. The van der Waals surface area contributed by atoms with Gasteiger partial charge in [-0.3, -0.25) is 24.1 Å². The molecule has 0 spiro atoms. The van der Waals surface area contributed by atoms with Crippen molar-refractivity contribution >= 4 is 69.2 Å². The minimum atomic E-state index is -1.53. The maximum absolute atomic E-state index is 15.2. The summed E-state index contributed by atoms with van der Waals surface area (Å²) in [5, 5.41) is 10.5. The van der Waals surface area contributed by atoms with Crippen molar-refractivity contribution in [2.24, 2.45) is 23.7 Å². The minimum absolute atomic E-state index is 0.125. The smallest absolute Gasteiger partial charge is 0.246 e. The van der Waals surface area contributed by atoms with Gasteiger partial charge >= 0.3 is 0 Å². The third-order valence-corrected chi connectivity index (χ3v) is 11.5. The number of phenols is 1. The van der Waals surface area contributed by atoms with Gasteiger partial charge in [0.2, 0.25) is 23.6 Å². The van der Waals surface area contributed by atoms with Gasteiger partial charge in [0, 0.05) is 14.5 Å². The number of amides is 4. The van der Waals surface area contributed by atoms with Gasteiger partial charge in [-0.1, -0.05) is 65.7 Å². The van der Waals surface area contributed by atoms with E-state index in [0.29, 0.717) is 33.1 Å². The maximum Gasteiger partial charge on any atom is 0.246 e. The molecule has 0 bridgehead atoms. The number of fused-ring (bicyclic) bond motifs is 4. The molecule has 4 aromatic rings. The summed E-state index contributed by atoms with van der Waals surface area (Å²) in [6.07, 6.45) is 2.29. The first kappa shape index (κ1) is 31.0. The zero-order chi connectivity index (χ0) is 33.5. The number of rotatable bonds is 4. The summed E-state index contributed by atoms with van der Waals surface area (Å²) in [6.45, 7) is 0. The quantitative estimate of drug-likeness (QED) is 0.135. The molecule has 2 aliphatic heterocycles. The minimum Gasteiger partial charge on any atom is -0.505 e. The number of anilines is 2. The molecule has 6 atom stereocenters. The molecule has 0 aromatic heterocycles.